The van der Waals surface area contributed by atoms with Crippen molar-refractivity contribution >= 4 is 23.1 Å². The van der Waals surface area contributed by atoms with E-state index in [-0.39, 0.29) is 11.4 Å². The van der Waals surface area contributed by atoms with Crippen molar-refractivity contribution in [1.29, 1.82) is 0 Å². The van der Waals surface area contributed by atoms with Crippen molar-refractivity contribution in [3.63, 3.8) is 0 Å². The lowest BCUT2D eigenvalue weighted by atomic mass is 10.1. The Morgan fingerprint density at radius 1 is 0.852 bits per heavy atom. The van der Waals surface area contributed by atoms with E-state index >= 15 is 0 Å². The molecule has 1 heterocycles. The highest BCUT2D eigenvalue weighted by atomic mass is 19.2. The van der Waals surface area contributed by atoms with E-state index in [1.165, 1.54) is 12.1 Å². The van der Waals surface area contributed by atoms with E-state index in [2.05, 4.69) is 26.7 Å². The van der Waals surface area contributed by atoms with Crippen molar-refractivity contribution in [1.82, 2.24) is 9.97 Å². The highest BCUT2D eigenvalue weighted by Crippen LogP contribution is 2.20. The molecule has 0 saturated carbocycles. The molecule has 27 heavy (non-hydrogen) atoms. The molecular formula is C20H18F2N4O. The summed E-state index contributed by atoms with van der Waals surface area (Å²) in [7, 11) is 0. The molecule has 7 heteroatoms. The standard InChI is InChI=1S/C20H18F2N4O/c1-11-6-12(2)8-15(7-11)25-19-10-18(23-13(3)24-19)20(27)26-14-4-5-16(21)17(22)9-14/h4-10H,1-3H3,(H,26,27)(H,23,24,25). The van der Waals surface area contributed by atoms with Gasteiger partial charge in [0.05, 0.1) is 0 Å². The van der Waals surface area contributed by atoms with Gasteiger partial charge in [0.2, 0.25) is 0 Å². The summed E-state index contributed by atoms with van der Waals surface area (Å²) in [6, 6.07) is 10.6. The first-order valence-corrected chi connectivity index (χ1v) is 8.27. The zero-order valence-electron chi connectivity index (χ0n) is 15.1. The number of nitrogens with zero attached hydrogens (tertiary/aromatic N) is 2. The van der Waals surface area contributed by atoms with E-state index in [4.69, 9.17) is 0 Å². The zero-order chi connectivity index (χ0) is 19.6. The van der Waals surface area contributed by atoms with Crippen molar-refractivity contribution in [3.8, 4) is 0 Å². The van der Waals surface area contributed by atoms with Gasteiger partial charge in [-0.2, -0.15) is 0 Å². The minimum atomic E-state index is -1.04. The number of nitrogens with one attached hydrogen (secondary N) is 2. The molecule has 0 aliphatic heterocycles. The van der Waals surface area contributed by atoms with E-state index in [1.54, 1.807) is 6.92 Å². The highest BCUT2D eigenvalue weighted by molar-refractivity contribution is 6.03. The second-order valence-corrected chi connectivity index (χ2v) is 6.27. The molecule has 2 aromatic carbocycles. The quantitative estimate of drug-likeness (QED) is 0.702. The van der Waals surface area contributed by atoms with Gasteiger partial charge in [-0.15, -0.1) is 0 Å². The molecule has 0 atom stereocenters. The number of amides is 1. The average molecular weight is 368 g/mol. The lowest BCUT2D eigenvalue weighted by molar-refractivity contribution is 0.102. The molecule has 1 aromatic heterocycles. The van der Waals surface area contributed by atoms with E-state index < -0.39 is 17.5 Å². The maximum Gasteiger partial charge on any atom is 0.274 e. The van der Waals surface area contributed by atoms with Gasteiger partial charge in [0.1, 0.15) is 17.3 Å². The minimum absolute atomic E-state index is 0.110. The Kier molecular flexibility index (Phi) is 5.12. The van der Waals surface area contributed by atoms with Crippen LogP contribution in [0.1, 0.15) is 27.4 Å². The topological polar surface area (TPSA) is 66.9 Å². The third-order valence-corrected chi connectivity index (χ3v) is 3.74. The van der Waals surface area contributed by atoms with Gasteiger partial charge in [0, 0.05) is 23.5 Å². The lowest BCUT2D eigenvalue weighted by Crippen LogP contribution is -2.15. The Labute approximate surface area is 155 Å². The molecule has 0 bridgehead atoms. The highest BCUT2D eigenvalue weighted by Gasteiger charge is 2.12. The summed E-state index contributed by atoms with van der Waals surface area (Å²) in [5, 5.41) is 5.66. The van der Waals surface area contributed by atoms with Crippen LogP contribution in [0.25, 0.3) is 0 Å². The van der Waals surface area contributed by atoms with E-state index in [1.807, 2.05) is 26.0 Å². The molecule has 0 spiro atoms. The second kappa shape index (κ2) is 7.49. The van der Waals surface area contributed by atoms with Crippen LogP contribution in [0.15, 0.2) is 42.5 Å². The second-order valence-electron chi connectivity index (χ2n) is 6.27. The smallest absolute Gasteiger partial charge is 0.274 e. The summed E-state index contributed by atoms with van der Waals surface area (Å²) < 4.78 is 26.3. The Morgan fingerprint density at radius 3 is 2.22 bits per heavy atom. The van der Waals surface area contributed by atoms with Crippen LogP contribution in [0.4, 0.5) is 26.0 Å². The number of aryl methyl sites for hydroxylation is 3. The van der Waals surface area contributed by atoms with E-state index in [9.17, 15) is 13.6 Å². The number of hydrogen-bond acceptors (Lipinski definition) is 4. The van der Waals surface area contributed by atoms with Gasteiger partial charge in [-0.05, 0) is 56.2 Å². The maximum atomic E-state index is 13.3. The molecule has 0 aliphatic carbocycles. The Morgan fingerprint density at radius 2 is 1.56 bits per heavy atom. The third-order valence-electron chi connectivity index (χ3n) is 3.74. The van der Waals surface area contributed by atoms with Crippen LogP contribution in [-0.4, -0.2) is 15.9 Å². The average Bonchev–Trinajstić information content (AvgIpc) is 2.56. The molecule has 0 aliphatic rings. The molecule has 1 amide bonds. The Bertz CT molecular complexity index is 1000. The molecule has 3 aromatic rings. The number of rotatable bonds is 4. The summed E-state index contributed by atoms with van der Waals surface area (Å²) in [5.74, 6) is -1.70. The van der Waals surface area contributed by atoms with Crippen LogP contribution in [-0.2, 0) is 0 Å². The monoisotopic (exact) mass is 368 g/mol. The van der Waals surface area contributed by atoms with Gasteiger partial charge in [-0.3, -0.25) is 4.79 Å². The molecular weight excluding hydrogens is 350 g/mol. The molecule has 0 saturated heterocycles. The Balaban J connectivity index is 1.83. The number of benzene rings is 2. The van der Waals surface area contributed by atoms with Crippen LogP contribution < -0.4 is 10.6 Å². The summed E-state index contributed by atoms with van der Waals surface area (Å²) in [4.78, 5) is 20.8. The first-order chi connectivity index (χ1) is 12.8. The van der Waals surface area contributed by atoms with Crippen molar-refractivity contribution in [2.45, 2.75) is 20.8 Å². The minimum Gasteiger partial charge on any atom is -0.340 e. The first kappa shape index (κ1) is 18.4. The molecule has 5 nitrogen and oxygen atoms in total. The summed E-state index contributed by atoms with van der Waals surface area (Å²) in [5.41, 5.74) is 3.29. The van der Waals surface area contributed by atoms with Crippen LogP contribution in [0.2, 0.25) is 0 Å². The van der Waals surface area contributed by atoms with Crippen molar-refractivity contribution in [2.75, 3.05) is 10.6 Å². The van der Waals surface area contributed by atoms with Crippen molar-refractivity contribution in [3.05, 3.63) is 76.7 Å². The van der Waals surface area contributed by atoms with Gasteiger partial charge in [-0.25, -0.2) is 18.7 Å². The largest absolute Gasteiger partial charge is 0.340 e. The fourth-order valence-corrected chi connectivity index (χ4v) is 2.71. The fraction of sp³-hybridized carbons (Fsp3) is 0.150. The number of carbonyl (C=O) groups excluding carboxylic acids is 1. The molecule has 3 rings (SSSR count). The lowest BCUT2D eigenvalue weighted by Gasteiger charge is -2.10. The van der Waals surface area contributed by atoms with Gasteiger partial charge in [-0.1, -0.05) is 6.07 Å². The van der Waals surface area contributed by atoms with Gasteiger partial charge in [0.25, 0.3) is 5.91 Å². The van der Waals surface area contributed by atoms with E-state index in [0.29, 0.717) is 11.6 Å². The predicted molar refractivity (Wildman–Crippen MR) is 100 cm³/mol. The SMILES string of the molecule is Cc1cc(C)cc(Nc2cc(C(=O)Nc3ccc(F)c(F)c3)nc(C)n2)c1. The maximum absolute atomic E-state index is 13.3. The van der Waals surface area contributed by atoms with Gasteiger partial charge < -0.3 is 10.6 Å². The summed E-state index contributed by atoms with van der Waals surface area (Å²) in [6.07, 6.45) is 0. The van der Waals surface area contributed by atoms with E-state index in [0.717, 1.165) is 28.9 Å². The van der Waals surface area contributed by atoms with Gasteiger partial charge >= 0.3 is 0 Å². The van der Waals surface area contributed by atoms with Crippen LogP contribution in [0.3, 0.4) is 0 Å². The normalized spacial score (nSPS) is 10.6. The molecule has 0 fully saturated rings. The number of hydrogen-bond donors (Lipinski definition) is 2. The molecule has 2 N–H and O–H groups in total. The number of aromatic nitrogens is 2. The van der Waals surface area contributed by atoms with Crippen molar-refractivity contribution in [2.24, 2.45) is 0 Å². The first-order valence-electron chi connectivity index (χ1n) is 8.27. The molecule has 0 radical (unpaired) electrons. The zero-order valence-corrected chi connectivity index (χ0v) is 15.1. The number of carbonyl (C=O) groups is 1. The fourth-order valence-electron chi connectivity index (χ4n) is 2.71. The molecule has 0 unspecified atom stereocenters. The Hall–Kier alpha value is -3.35. The predicted octanol–water partition coefficient (Wildman–Crippen LogP) is 4.68. The van der Waals surface area contributed by atoms with Gasteiger partial charge in [0.15, 0.2) is 11.6 Å². The summed E-state index contributed by atoms with van der Waals surface area (Å²) in [6.45, 7) is 5.65. The van der Waals surface area contributed by atoms with Crippen LogP contribution in [0.5, 0.6) is 0 Å². The van der Waals surface area contributed by atoms with Crippen molar-refractivity contribution < 1.29 is 13.6 Å². The van der Waals surface area contributed by atoms with Crippen LogP contribution in [0, 0.1) is 32.4 Å². The number of anilines is 3. The van der Waals surface area contributed by atoms with Crippen LogP contribution >= 0.6 is 0 Å². The third kappa shape index (κ3) is 4.63. The summed E-state index contributed by atoms with van der Waals surface area (Å²) >= 11 is 0. The number of halogens is 2. The molecule has 138 valence electrons.